The molecule has 198 valence electrons. The van der Waals surface area contributed by atoms with E-state index < -0.39 is 0 Å². The lowest BCUT2D eigenvalue weighted by Crippen LogP contribution is -2.34. The Morgan fingerprint density at radius 2 is 1.97 bits per heavy atom. The summed E-state index contributed by atoms with van der Waals surface area (Å²) in [5, 5.41) is 9.54. The molecule has 0 aliphatic carbocycles. The Morgan fingerprint density at radius 3 is 2.69 bits per heavy atom. The Balaban J connectivity index is 1.51. The zero-order valence-corrected chi connectivity index (χ0v) is 23.4. The lowest BCUT2D eigenvalue weighted by Gasteiger charge is -2.24. The molecule has 0 fully saturated rings. The Bertz CT molecular complexity index is 1640. The van der Waals surface area contributed by atoms with Crippen LogP contribution in [0.1, 0.15) is 37.0 Å². The molecule has 4 heterocycles. The Morgan fingerprint density at radius 1 is 1.10 bits per heavy atom. The number of nitrogens with one attached hydrogen (secondary N) is 1. The quantitative estimate of drug-likeness (QED) is 0.269. The minimum Gasteiger partial charge on any atom is -0.496 e. The van der Waals surface area contributed by atoms with E-state index >= 15 is 0 Å². The maximum atomic E-state index is 13.4. The number of carbonyl (C=O) groups is 1. The van der Waals surface area contributed by atoms with Crippen LogP contribution in [0.2, 0.25) is 0 Å². The predicted molar refractivity (Wildman–Crippen MR) is 156 cm³/mol. The summed E-state index contributed by atoms with van der Waals surface area (Å²) in [7, 11) is 1.71. The van der Waals surface area contributed by atoms with E-state index in [0.717, 1.165) is 50.8 Å². The Hall–Kier alpha value is -4.17. The topological polar surface area (TPSA) is 74.0 Å². The number of carbonyl (C=O) groups excluding carboxylic acids is 1. The number of hydrogen-bond donors (Lipinski definition) is 1. The standard InChI is InChI=1S/C31H31N5O2S/c1-31(2,3)19-32-30(37)29-34-27(26-10-6-15-39-26)28-24-18-23(25(38-4)17-21(24)11-14-35(28)29)20-8-5-9-22(16-20)36-13-7-12-33-36/h5-10,12-13,15-18H,11,14,19H2,1-4H3,(H,32,37). The lowest BCUT2D eigenvalue weighted by atomic mass is 9.91. The monoisotopic (exact) mass is 537 g/mol. The van der Waals surface area contributed by atoms with Crippen LogP contribution in [0, 0.1) is 5.41 Å². The number of benzene rings is 2. The maximum Gasteiger partial charge on any atom is 0.287 e. The van der Waals surface area contributed by atoms with Gasteiger partial charge in [-0.05, 0) is 64.7 Å². The molecule has 6 rings (SSSR count). The number of aryl methyl sites for hydroxylation is 1. The molecule has 0 spiro atoms. The number of thiophene rings is 1. The van der Waals surface area contributed by atoms with Crippen molar-refractivity contribution >= 4 is 17.2 Å². The third kappa shape index (κ3) is 4.76. The van der Waals surface area contributed by atoms with Crippen LogP contribution in [-0.2, 0) is 13.0 Å². The van der Waals surface area contributed by atoms with Crippen LogP contribution in [0.3, 0.4) is 0 Å². The third-order valence-corrected chi connectivity index (χ3v) is 7.79. The van der Waals surface area contributed by atoms with Gasteiger partial charge in [-0.15, -0.1) is 11.3 Å². The van der Waals surface area contributed by atoms with E-state index in [4.69, 9.17) is 9.72 Å². The second kappa shape index (κ2) is 9.85. The van der Waals surface area contributed by atoms with Gasteiger partial charge in [-0.25, -0.2) is 9.67 Å². The molecular weight excluding hydrogens is 506 g/mol. The average molecular weight is 538 g/mol. The number of fused-ring (bicyclic) bond motifs is 3. The molecular formula is C31H31N5O2S. The number of amides is 1. The van der Waals surface area contributed by atoms with Crippen molar-refractivity contribution in [2.45, 2.75) is 33.7 Å². The molecule has 8 heteroatoms. The van der Waals surface area contributed by atoms with Crippen molar-refractivity contribution in [3.8, 4) is 44.4 Å². The van der Waals surface area contributed by atoms with Crippen molar-refractivity contribution in [3.05, 3.63) is 83.8 Å². The van der Waals surface area contributed by atoms with E-state index in [1.54, 1.807) is 24.6 Å². The van der Waals surface area contributed by atoms with Gasteiger partial charge in [-0.3, -0.25) is 4.79 Å². The summed E-state index contributed by atoms with van der Waals surface area (Å²) in [6, 6.07) is 18.6. The van der Waals surface area contributed by atoms with Crippen molar-refractivity contribution in [1.29, 1.82) is 0 Å². The van der Waals surface area contributed by atoms with Gasteiger partial charge < -0.3 is 14.6 Å². The summed E-state index contributed by atoms with van der Waals surface area (Å²) in [6.07, 6.45) is 4.49. The Labute approximate surface area is 232 Å². The van der Waals surface area contributed by atoms with E-state index in [1.807, 2.05) is 40.5 Å². The first-order chi connectivity index (χ1) is 18.8. The van der Waals surface area contributed by atoms with E-state index in [2.05, 4.69) is 66.1 Å². The van der Waals surface area contributed by atoms with Crippen molar-refractivity contribution in [3.63, 3.8) is 0 Å². The zero-order valence-electron chi connectivity index (χ0n) is 22.6. The number of nitrogens with zero attached hydrogens (tertiary/aromatic N) is 4. The number of ether oxygens (including phenoxy) is 1. The van der Waals surface area contributed by atoms with Crippen molar-refractivity contribution < 1.29 is 9.53 Å². The minimum absolute atomic E-state index is 0.0215. The third-order valence-electron chi connectivity index (χ3n) is 6.92. The highest BCUT2D eigenvalue weighted by molar-refractivity contribution is 7.13. The highest BCUT2D eigenvalue weighted by atomic mass is 32.1. The summed E-state index contributed by atoms with van der Waals surface area (Å²) in [5.41, 5.74) is 7.04. The molecule has 3 aromatic heterocycles. The summed E-state index contributed by atoms with van der Waals surface area (Å²) < 4.78 is 9.82. The second-order valence-electron chi connectivity index (χ2n) is 11.0. The van der Waals surface area contributed by atoms with Gasteiger partial charge in [0.1, 0.15) is 11.4 Å². The van der Waals surface area contributed by atoms with Gasteiger partial charge in [0.2, 0.25) is 0 Å². The average Bonchev–Trinajstić information content (AvgIpc) is 3.71. The number of hydrogen-bond acceptors (Lipinski definition) is 5. The maximum absolute atomic E-state index is 13.4. The largest absolute Gasteiger partial charge is 0.496 e. The summed E-state index contributed by atoms with van der Waals surface area (Å²) >= 11 is 1.63. The molecule has 7 nitrogen and oxygen atoms in total. The van der Waals surface area contributed by atoms with Crippen LogP contribution < -0.4 is 10.1 Å². The number of rotatable bonds is 6. The molecule has 39 heavy (non-hydrogen) atoms. The highest BCUT2D eigenvalue weighted by Crippen LogP contribution is 2.44. The van der Waals surface area contributed by atoms with Crippen LogP contribution in [0.4, 0.5) is 0 Å². The fourth-order valence-electron chi connectivity index (χ4n) is 5.04. The Kier molecular flexibility index (Phi) is 6.35. The molecule has 0 saturated carbocycles. The molecule has 0 unspecified atom stereocenters. The second-order valence-corrected chi connectivity index (χ2v) is 11.9. The summed E-state index contributed by atoms with van der Waals surface area (Å²) in [4.78, 5) is 19.4. The van der Waals surface area contributed by atoms with Gasteiger partial charge in [0, 0.05) is 36.6 Å². The summed E-state index contributed by atoms with van der Waals surface area (Å²) in [5.74, 6) is 1.14. The van der Waals surface area contributed by atoms with Crippen LogP contribution >= 0.6 is 11.3 Å². The molecule has 1 N–H and O–H groups in total. The zero-order chi connectivity index (χ0) is 27.1. The first kappa shape index (κ1) is 25.1. The van der Waals surface area contributed by atoms with Gasteiger partial charge in [-0.1, -0.05) is 39.0 Å². The fourth-order valence-corrected chi connectivity index (χ4v) is 5.75. The van der Waals surface area contributed by atoms with Crippen LogP contribution in [0.25, 0.3) is 38.6 Å². The molecule has 1 aliphatic rings. The van der Waals surface area contributed by atoms with E-state index in [0.29, 0.717) is 18.9 Å². The molecule has 1 aliphatic heterocycles. The van der Waals surface area contributed by atoms with Crippen LogP contribution in [0.5, 0.6) is 5.75 Å². The van der Waals surface area contributed by atoms with E-state index in [-0.39, 0.29) is 11.3 Å². The smallest absolute Gasteiger partial charge is 0.287 e. The fraction of sp³-hybridized carbons (Fsp3) is 0.258. The number of imidazole rings is 1. The van der Waals surface area contributed by atoms with Crippen LogP contribution in [-0.4, -0.2) is 38.9 Å². The van der Waals surface area contributed by atoms with E-state index in [9.17, 15) is 4.79 Å². The number of aromatic nitrogens is 4. The SMILES string of the molecule is COc1cc2c(cc1-c1cccc(-n3cccn3)c1)-c1c(-c3cccs3)nc(C(=O)NCC(C)(C)C)n1CC2. The molecule has 0 saturated heterocycles. The first-order valence-corrected chi connectivity index (χ1v) is 13.9. The molecule has 0 bridgehead atoms. The highest BCUT2D eigenvalue weighted by Gasteiger charge is 2.30. The van der Waals surface area contributed by atoms with E-state index in [1.165, 1.54) is 5.56 Å². The lowest BCUT2D eigenvalue weighted by molar-refractivity contribution is 0.0924. The van der Waals surface area contributed by atoms with Crippen LogP contribution in [0.15, 0.2) is 72.4 Å². The molecule has 1 amide bonds. The predicted octanol–water partition coefficient (Wildman–Crippen LogP) is 6.47. The molecule has 0 radical (unpaired) electrons. The number of methoxy groups -OCH3 is 1. The molecule has 0 atom stereocenters. The van der Waals surface area contributed by atoms with Gasteiger partial charge >= 0.3 is 0 Å². The van der Waals surface area contributed by atoms with Gasteiger partial charge in [0.05, 0.1) is 23.4 Å². The summed E-state index contributed by atoms with van der Waals surface area (Å²) in [6.45, 7) is 7.58. The first-order valence-electron chi connectivity index (χ1n) is 13.1. The van der Waals surface area contributed by atoms with Gasteiger partial charge in [0.25, 0.3) is 5.91 Å². The van der Waals surface area contributed by atoms with Crippen molar-refractivity contribution in [2.24, 2.45) is 5.41 Å². The molecule has 5 aromatic rings. The molecule has 2 aromatic carbocycles. The van der Waals surface area contributed by atoms with Gasteiger partial charge in [0.15, 0.2) is 5.82 Å². The van der Waals surface area contributed by atoms with Crippen molar-refractivity contribution in [2.75, 3.05) is 13.7 Å². The normalized spacial score (nSPS) is 12.6. The van der Waals surface area contributed by atoms with Gasteiger partial charge in [-0.2, -0.15) is 5.10 Å². The van der Waals surface area contributed by atoms with Crippen molar-refractivity contribution in [1.82, 2.24) is 24.6 Å². The minimum atomic E-state index is -0.141.